The van der Waals surface area contributed by atoms with Crippen LogP contribution in [0.1, 0.15) is 27.6 Å². The summed E-state index contributed by atoms with van der Waals surface area (Å²) in [6, 6.07) is 6.94. The van der Waals surface area contributed by atoms with Crippen LogP contribution in [-0.4, -0.2) is 24.3 Å². The number of ketones is 2. The molecule has 0 N–H and O–H groups in total. The molecule has 3 rings (SSSR count). The zero-order valence-corrected chi connectivity index (χ0v) is 8.82. The Morgan fingerprint density at radius 3 is 2.25 bits per heavy atom. The van der Waals surface area contributed by atoms with Gasteiger partial charge in [-0.1, -0.05) is 24.3 Å². The van der Waals surface area contributed by atoms with Crippen molar-refractivity contribution in [2.45, 2.75) is 13.0 Å². The summed E-state index contributed by atoms with van der Waals surface area (Å²) in [6.45, 7) is 2.25. The zero-order chi connectivity index (χ0) is 11.3. The molecule has 2 aliphatic rings. The second kappa shape index (κ2) is 3.12. The molecule has 0 bridgehead atoms. The van der Waals surface area contributed by atoms with Crippen molar-refractivity contribution >= 4 is 11.6 Å². The van der Waals surface area contributed by atoms with Gasteiger partial charge in [-0.15, -0.1) is 0 Å². The number of carbonyl (C=O) groups is 2. The lowest BCUT2D eigenvalue weighted by atomic mass is 9.83. The molecular weight excluding hydrogens is 204 g/mol. The van der Waals surface area contributed by atoms with E-state index in [1.165, 1.54) is 0 Å². The largest absolute Gasteiger partial charge is 0.368 e. The minimum atomic E-state index is -0.162. The maximum atomic E-state index is 12.2. The molecule has 80 valence electrons. The van der Waals surface area contributed by atoms with Gasteiger partial charge in [-0.3, -0.25) is 9.59 Å². The monoisotopic (exact) mass is 214 g/mol. The second-order valence-electron chi connectivity index (χ2n) is 4.06. The van der Waals surface area contributed by atoms with E-state index < -0.39 is 0 Å². The number of ether oxygens (including phenoxy) is 1. The van der Waals surface area contributed by atoms with Crippen LogP contribution in [0.4, 0.5) is 0 Å². The minimum Gasteiger partial charge on any atom is -0.368 e. The first kappa shape index (κ1) is 9.48. The van der Waals surface area contributed by atoms with Gasteiger partial charge in [0, 0.05) is 22.3 Å². The number of rotatable bonds is 1. The number of allylic oxidation sites excluding steroid dienone is 1. The fourth-order valence-corrected chi connectivity index (χ4v) is 2.12. The summed E-state index contributed by atoms with van der Waals surface area (Å²) in [4.78, 5) is 24.2. The quantitative estimate of drug-likeness (QED) is 0.669. The molecule has 1 fully saturated rings. The molecular formula is C13H10O3. The molecule has 1 saturated heterocycles. The standard InChI is InChI=1S/C13H10O3/c1-7-11(10-6-16-10)13(15)9-5-3-2-4-8(9)12(7)14/h2-5,10H,6H2,1H3/t10-/m1/s1. The van der Waals surface area contributed by atoms with Crippen LogP contribution in [0.25, 0.3) is 0 Å². The highest BCUT2D eigenvalue weighted by Gasteiger charge is 2.39. The van der Waals surface area contributed by atoms with Gasteiger partial charge in [-0.05, 0) is 6.92 Å². The molecule has 3 heteroatoms. The van der Waals surface area contributed by atoms with E-state index in [4.69, 9.17) is 4.74 Å². The third kappa shape index (κ3) is 1.18. The normalized spacial score (nSPS) is 23.4. The number of hydrogen-bond donors (Lipinski definition) is 0. The predicted octanol–water partition coefficient (Wildman–Crippen LogP) is 1.78. The molecule has 1 aliphatic heterocycles. The Labute approximate surface area is 92.7 Å². The molecule has 1 atom stereocenters. The van der Waals surface area contributed by atoms with Crippen molar-refractivity contribution in [2.75, 3.05) is 6.61 Å². The van der Waals surface area contributed by atoms with Crippen LogP contribution in [0.3, 0.4) is 0 Å². The van der Waals surface area contributed by atoms with Crippen LogP contribution in [0.2, 0.25) is 0 Å². The van der Waals surface area contributed by atoms with Gasteiger partial charge < -0.3 is 4.74 Å². The fraction of sp³-hybridized carbons (Fsp3) is 0.231. The molecule has 0 saturated carbocycles. The first-order chi connectivity index (χ1) is 7.70. The van der Waals surface area contributed by atoms with Gasteiger partial charge in [0.15, 0.2) is 11.6 Å². The molecule has 16 heavy (non-hydrogen) atoms. The second-order valence-corrected chi connectivity index (χ2v) is 4.06. The smallest absolute Gasteiger partial charge is 0.192 e. The topological polar surface area (TPSA) is 46.7 Å². The third-order valence-corrected chi connectivity index (χ3v) is 3.06. The van der Waals surface area contributed by atoms with Crippen LogP contribution in [0.5, 0.6) is 0 Å². The molecule has 0 radical (unpaired) electrons. The van der Waals surface area contributed by atoms with Crippen molar-refractivity contribution in [3.05, 3.63) is 46.5 Å². The molecule has 1 aromatic carbocycles. The van der Waals surface area contributed by atoms with Crippen molar-refractivity contribution in [2.24, 2.45) is 0 Å². The van der Waals surface area contributed by atoms with Gasteiger partial charge in [0.25, 0.3) is 0 Å². The Kier molecular flexibility index (Phi) is 1.85. The lowest BCUT2D eigenvalue weighted by molar-refractivity contribution is 0.0969. The van der Waals surface area contributed by atoms with Gasteiger partial charge in [-0.25, -0.2) is 0 Å². The van der Waals surface area contributed by atoms with Gasteiger partial charge >= 0.3 is 0 Å². The predicted molar refractivity (Wildman–Crippen MR) is 57.5 cm³/mol. The van der Waals surface area contributed by atoms with Crippen molar-refractivity contribution in [3.63, 3.8) is 0 Å². The van der Waals surface area contributed by atoms with Gasteiger partial charge in [0.1, 0.15) is 6.10 Å². The highest BCUT2D eigenvalue weighted by molar-refractivity contribution is 6.27. The summed E-state index contributed by atoms with van der Waals surface area (Å²) in [5, 5.41) is 0. The van der Waals surface area contributed by atoms with E-state index in [2.05, 4.69) is 0 Å². The summed E-state index contributed by atoms with van der Waals surface area (Å²) >= 11 is 0. The van der Waals surface area contributed by atoms with E-state index in [9.17, 15) is 9.59 Å². The Bertz CT molecular complexity index is 536. The lowest BCUT2D eigenvalue weighted by Crippen LogP contribution is -2.23. The van der Waals surface area contributed by atoms with Gasteiger partial charge in [0.2, 0.25) is 0 Å². The highest BCUT2D eigenvalue weighted by Crippen LogP contribution is 2.32. The lowest BCUT2D eigenvalue weighted by Gasteiger charge is -2.17. The van der Waals surface area contributed by atoms with Crippen LogP contribution in [0, 0.1) is 0 Å². The number of fused-ring (bicyclic) bond motifs is 1. The molecule has 3 nitrogen and oxygen atoms in total. The van der Waals surface area contributed by atoms with Gasteiger partial charge in [0.05, 0.1) is 6.61 Å². The zero-order valence-electron chi connectivity index (χ0n) is 8.82. The molecule has 1 aromatic rings. The van der Waals surface area contributed by atoms with E-state index in [0.717, 1.165) is 0 Å². The van der Waals surface area contributed by atoms with Crippen LogP contribution < -0.4 is 0 Å². The molecule has 1 heterocycles. The first-order valence-electron chi connectivity index (χ1n) is 5.21. The SMILES string of the molecule is CC1=C([C@H]2CO2)C(=O)c2ccccc2C1=O. The van der Waals surface area contributed by atoms with Crippen LogP contribution in [0.15, 0.2) is 35.4 Å². The van der Waals surface area contributed by atoms with Crippen molar-refractivity contribution in [3.8, 4) is 0 Å². The van der Waals surface area contributed by atoms with Crippen molar-refractivity contribution in [1.82, 2.24) is 0 Å². The van der Waals surface area contributed by atoms with E-state index in [0.29, 0.717) is 28.9 Å². The van der Waals surface area contributed by atoms with Gasteiger partial charge in [-0.2, -0.15) is 0 Å². The number of Topliss-reactive ketones (excluding diaryl/α,β-unsaturated/α-hetero) is 2. The Balaban J connectivity index is 2.21. The summed E-state index contributed by atoms with van der Waals surface area (Å²) in [7, 11) is 0. The minimum absolute atomic E-state index is 0.0549. The molecule has 1 aliphatic carbocycles. The Morgan fingerprint density at radius 2 is 1.69 bits per heavy atom. The van der Waals surface area contributed by atoms with E-state index in [-0.39, 0.29) is 17.7 Å². The number of benzene rings is 1. The van der Waals surface area contributed by atoms with E-state index in [1.54, 1.807) is 31.2 Å². The Morgan fingerprint density at radius 1 is 1.12 bits per heavy atom. The maximum absolute atomic E-state index is 12.2. The summed E-state index contributed by atoms with van der Waals surface area (Å²) in [6.07, 6.45) is -0.162. The Hall–Kier alpha value is -1.74. The molecule has 0 unspecified atom stereocenters. The van der Waals surface area contributed by atoms with E-state index in [1.807, 2.05) is 0 Å². The molecule has 0 spiro atoms. The van der Waals surface area contributed by atoms with Crippen LogP contribution in [-0.2, 0) is 4.74 Å². The maximum Gasteiger partial charge on any atom is 0.192 e. The number of hydrogen-bond acceptors (Lipinski definition) is 3. The average Bonchev–Trinajstić information content (AvgIpc) is 3.11. The molecule has 0 amide bonds. The van der Waals surface area contributed by atoms with Crippen LogP contribution >= 0.6 is 0 Å². The fourth-order valence-electron chi connectivity index (χ4n) is 2.12. The van der Waals surface area contributed by atoms with E-state index >= 15 is 0 Å². The number of epoxide rings is 1. The molecule has 0 aromatic heterocycles. The van der Waals surface area contributed by atoms with Crippen molar-refractivity contribution in [1.29, 1.82) is 0 Å². The number of carbonyl (C=O) groups excluding carboxylic acids is 2. The summed E-state index contributed by atoms with van der Waals surface area (Å²) < 4.78 is 5.12. The first-order valence-corrected chi connectivity index (χ1v) is 5.21. The van der Waals surface area contributed by atoms with Crippen molar-refractivity contribution < 1.29 is 14.3 Å². The summed E-state index contributed by atoms with van der Waals surface area (Å²) in [5.74, 6) is -0.115. The third-order valence-electron chi connectivity index (χ3n) is 3.06. The highest BCUT2D eigenvalue weighted by atomic mass is 16.6. The average molecular weight is 214 g/mol. The summed E-state index contributed by atoms with van der Waals surface area (Å²) in [5.41, 5.74) is 2.09.